The molecule has 0 aliphatic rings. The van der Waals surface area contributed by atoms with Gasteiger partial charge < -0.3 is 9.26 Å². The van der Waals surface area contributed by atoms with Crippen molar-refractivity contribution < 1.29 is 13.7 Å². The van der Waals surface area contributed by atoms with E-state index in [4.69, 9.17) is 9.26 Å². The number of hydrogen-bond donors (Lipinski definition) is 0. The van der Waals surface area contributed by atoms with Crippen LogP contribution in [-0.4, -0.2) is 15.1 Å². The van der Waals surface area contributed by atoms with Crippen molar-refractivity contribution in [3.05, 3.63) is 78.9 Å². The molecule has 0 fully saturated rings. The minimum absolute atomic E-state index is 0.297. The maximum atomic E-state index is 12.9. The van der Waals surface area contributed by atoms with Gasteiger partial charge in [0.2, 0.25) is 5.76 Å². The minimum Gasteiger partial charge on any atom is -0.457 e. The summed E-state index contributed by atoms with van der Waals surface area (Å²) in [5.74, 6) is 1.91. The van der Waals surface area contributed by atoms with Gasteiger partial charge in [-0.1, -0.05) is 5.16 Å². The van der Waals surface area contributed by atoms with E-state index >= 15 is 0 Å². The molecular formula is C19H12FN3O2. The first-order chi connectivity index (χ1) is 12.3. The second-order valence-electron chi connectivity index (χ2n) is 5.22. The summed E-state index contributed by atoms with van der Waals surface area (Å²) in [6, 6.07) is 16.8. The summed E-state index contributed by atoms with van der Waals surface area (Å²) in [5, 5.41) is 3.66. The molecule has 4 rings (SSSR count). The first kappa shape index (κ1) is 15.0. The lowest BCUT2D eigenvalue weighted by atomic mass is 10.1. The van der Waals surface area contributed by atoms with Crippen molar-refractivity contribution in [1.29, 1.82) is 0 Å². The molecule has 0 aliphatic heterocycles. The molecule has 6 heteroatoms. The molecule has 0 amide bonds. The number of ether oxygens (including phenoxy) is 1. The van der Waals surface area contributed by atoms with Crippen molar-refractivity contribution in [2.24, 2.45) is 0 Å². The molecule has 4 aromatic rings. The van der Waals surface area contributed by atoms with Gasteiger partial charge in [-0.15, -0.1) is 0 Å². The summed E-state index contributed by atoms with van der Waals surface area (Å²) < 4.78 is 23.7. The van der Waals surface area contributed by atoms with Gasteiger partial charge in [0.15, 0.2) is 5.82 Å². The van der Waals surface area contributed by atoms with Crippen LogP contribution in [0.1, 0.15) is 0 Å². The van der Waals surface area contributed by atoms with E-state index in [0.29, 0.717) is 23.1 Å². The maximum Gasteiger partial charge on any atom is 0.204 e. The monoisotopic (exact) mass is 333 g/mol. The van der Waals surface area contributed by atoms with Gasteiger partial charge in [-0.3, -0.25) is 0 Å². The topological polar surface area (TPSA) is 61.0 Å². The van der Waals surface area contributed by atoms with Gasteiger partial charge in [-0.2, -0.15) is 0 Å². The Kier molecular flexibility index (Phi) is 3.92. The molecule has 0 radical (unpaired) electrons. The third kappa shape index (κ3) is 3.37. The number of nitrogens with zero attached hydrogens (tertiary/aromatic N) is 3. The first-order valence-electron chi connectivity index (χ1n) is 7.56. The highest BCUT2D eigenvalue weighted by atomic mass is 19.1. The molecule has 2 heterocycles. The molecule has 122 valence electrons. The third-order valence-corrected chi connectivity index (χ3v) is 3.51. The fraction of sp³-hybridized carbons (Fsp3) is 0. The first-order valence-corrected chi connectivity index (χ1v) is 7.56. The molecule has 0 N–H and O–H groups in total. The van der Waals surface area contributed by atoms with Gasteiger partial charge in [-0.05, 0) is 54.6 Å². The lowest BCUT2D eigenvalue weighted by Gasteiger charge is -2.07. The van der Waals surface area contributed by atoms with Crippen LogP contribution in [0.4, 0.5) is 4.39 Å². The van der Waals surface area contributed by atoms with Gasteiger partial charge >= 0.3 is 0 Å². The molecule has 0 saturated heterocycles. The van der Waals surface area contributed by atoms with E-state index in [-0.39, 0.29) is 5.82 Å². The van der Waals surface area contributed by atoms with Crippen LogP contribution in [0, 0.1) is 5.82 Å². The Morgan fingerprint density at radius 3 is 2.20 bits per heavy atom. The summed E-state index contributed by atoms with van der Waals surface area (Å²) in [4.78, 5) is 8.67. The highest BCUT2D eigenvalue weighted by Crippen LogP contribution is 2.26. The largest absolute Gasteiger partial charge is 0.457 e. The average molecular weight is 333 g/mol. The molecule has 5 nitrogen and oxygen atoms in total. The summed E-state index contributed by atoms with van der Waals surface area (Å²) >= 11 is 0. The summed E-state index contributed by atoms with van der Waals surface area (Å²) in [6.45, 7) is 0. The average Bonchev–Trinajstić information content (AvgIpc) is 3.19. The molecule has 0 bridgehead atoms. The normalized spacial score (nSPS) is 10.6. The van der Waals surface area contributed by atoms with Crippen molar-refractivity contribution >= 4 is 0 Å². The van der Waals surface area contributed by atoms with Crippen LogP contribution >= 0.6 is 0 Å². The van der Waals surface area contributed by atoms with Crippen molar-refractivity contribution in [3.63, 3.8) is 0 Å². The minimum atomic E-state index is -0.297. The van der Waals surface area contributed by atoms with Crippen molar-refractivity contribution in [2.75, 3.05) is 0 Å². The van der Waals surface area contributed by atoms with Crippen LogP contribution in [0.25, 0.3) is 22.8 Å². The molecule has 0 unspecified atom stereocenters. The molecule has 0 spiro atoms. The Bertz CT molecular complexity index is 968. The number of benzene rings is 2. The molecule has 0 aliphatic carbocycles. The smallest absolute Gasteiger partial charge is 0.204 e. The zero-order valence-corrected chi connectivity index (χ0v) is 13.0. The Hall–Kier alpha value is -3.54. The zero-order chi connectivity index (χ0) is 17.1. The standard InChI is InChI=1S/C19H12FN3O2/c20-14-3-7-16(8-4-14)24-15-5-1-13(2-6-15)17-9-11-21-19(23-17)18-10-12-22-25-18/h1-12H. The predicted octanol–water partition coefficient (Wildman–Crippen LogP) is 4.73. The molecular weight excluding hydrogens is 321 g/mol. The van der Waals surface area contributed by atoms with E-state index in [1.54, 1.807) is 30.6 Å². The van der Waals surface area contributed by atoms with Crippen LogP contribution in [-0.2, 0) is 0 Å². The lowest BCUT2D eigenvalue weighted by molar-refractivity contribution is 0.429. The van der Waals surface area contributed by atoms with E-state index in [1.165, 1.54) is 12.1 Å². The van der Waals surface area contributed by atoms with Crippen LogP contribution in [0.3, 0.4) is 0 Å². The Labute approximate surface area is 142 Å². The SMILES string of the molecule is Fc1ccc(Oc2ccc(-c3ccnc(-c4ccno4)n3)cc2)cc1. The number of hydrogen-bond acceptors (Lipinski definition) is 5. The van der Waals surface area contributed by atoms with E-state index in [9.17, 15) is 4.39 Å². The Morgan fingerprint density at radius 1 is 0.800 bits per heavy atom. The second-order valence-corrected chi connectivity index (χ2v) is 5.22. The van der Waals surface area contributed by atoms with Crippen molar-refractivity contribution in [3.8, 4) is 34.3 Å². The van der Waals surface area contributed by atoms with Crippen LogP contribution < -0.4 is 4.74 Å². The fourth-order valence-corrected chi connectivity index (χ4v) is 2.30. The predicted molar refractivity (Wildman–Crippen MR) is 89.4 cm³/mol. The Balaban J connectivity index is 1.56. The van der Waals surface area contributed by atoms with E-state index in [1.807, 2.05) is 30.3 Å². The van der Waals surface area contributed by atoms with Crippen LogP contribution in [0.2, 0.25) is 0 Å². The number of aromatic nitrogens is 3. The summed E-state index contributed by atoms with van der Waals surface area (Å²) in [7, 11) is 0. The quantitative estimate of drug-likeness (QED) is 0.540. The second kappa shape index (κ2) is 6.52. The summed E-state index contributed by atoms with van der Waals surface area (Å²) in [5.41, 5.74) is 1.67. The van der Waals surface area contributed by atoms with Gasteiger partial charge in [0, 0.05) is 17.8 Å². The van der Waals surface area contributed by atoms with Gasteiger partial charge in [0.05, 0.1) is 11.9 Å². The molecule has 2 aromatic heterocycles. The lowest BCUT2D eigenvalue weighted by Crippen LogP contribution is -1.91. The molecule has 25 heavy (non-hydrogen) atoms. The van der Waals surface area contributed by atoms with Gasteiger partial charge in [0.25, 0.3) is 0 Å². The van der Waals surface area contributed by atoms with Crippen molar-refractivity contribution in [1.82, 2.24) is 15.1 Å². The van der Waals surface area contributed by atoms with E-state index in [2.05, 4.69) is 15.1 Å². The molecule has 0 saturated carbocycles. The molecule has 0 atom stereocenters. The Morgan fingerprint density at radius 2 is 1.52 bits per heavy atom. The summed E-state index contributed by atoms with van der Waals surface area (Å²) in [6.07, 6.45) is 3.22. The van der Waals surface area contributed by atoms with E-state index in [0.717, 1.165) is 11.3 Å². The fourth-order valence-electron chi connectivity index (χ4n) is 2.30. The number of halogens is 1. The van der Waals surface area contributed by atoms with Gasteiger partial charge in [0.1, 0.15) is 17.3 Å². The van der Waals surface area contributed by atoms with Gasteiger partial charge in [-0.25, -0.2) is 14.4 Å². The zero-order valence-electron chi connectivity index (χ0n) is 13.0. The highest BCUT2D eigenvalue weighted by molar-refractivity contribution is 5.62. The van der Waals surface area contributed by atoms with Crippen LogP contribution in [0.5, 0.6) is 11.5 Å². The van der Waals surface area contributed by atoms with E-state index < -0.39 is 0 Å². The molecule has 2 aromatic carbocycles. The van der Waals surface area contributed by atoms with Crippen LogP contribution in [0.15, 0.2) is 77.6 Å². The third-order valence-electron chi connectivity index (χ3n) is 3.51. The maximum absolute atomic E-state index is 12.9. The highest BCUT2D eigenvalue weighted by Gasteiger charge is 2.08. The number of rotatable bonds is 4. The van der Waals surface area contributed by atoms with Crippen molar-refractivity contribution in [2.45, 2.75) is 0 Å².